The third-order valence-corrected chi connectivity index (χ3v) is 3.48. The number of amidine groups is 1. The van der Waals surface area contributed by atoms with Gasteiger partial charge in [0.15, 0.2) is 0 Å². The summed E-state index contributed by atoms with van der Waals surface area (Å²) in [5.41, 5.74) is 1.45. The third kappa shape index (κ3) is 4.06. The summed E-state index contributed by atoms with van der Waals surface area (Å²) in [7, 11) is 1.56. The first-order valence-corrected chi connectivity index (χ1v) is 7.51. The van der Waals surface area contributed by atoms with Crippen molar-refractivity contribution in [2.75, 3.05) is 7.11 Å². The molecule has 1 heterocycles. The van der Waals surface area contributed by atoms with Gasteiger partial charge in [0.25, 0.3) is 0 Å². The van der Waals surface area contributed by atoms with Crippen LogP contribution < -0.4 is 14.8 Å². The van der Waals surface area contributed by atoms with Crippen LogP contribution >= 0.6 is 0 Å². The van der Waals surface area contributed by atoms with Crippen LogP contribution in [0.2, 0.25) is 0 Å². The summed E-state index contributed by atoms with van der Waals surface area (Å²) in [6.07, 6.45) is 0.868. The Labute approximate surface area is 144 Å². The molecule has 3 rings (SSSR count). The van der Waals surface area contributed by atoms with Gasteiger partial charge in [-0.15, -0.1) is 0 Å². The lowest BCUT2D eigenvalue weighted by atomic mass is 10.1. The topological polar surface area (TPSA) is 84.5 Å². The lowest BCUT2D eigenvalue weighted by molar-refractivity contribution is 0.206. The fourth-order valence-corrected chi connectivity index (χ4v) is 2.19. The molecule has 2 N–H and O–H groups in total. The van der Waals surface area contributed by atoms with Gasteiger partial charge in [-0.2, -0.15) is 0 Å². The standard InChI is InChI=1S/C19H16N2O4/c1-23-15-8-10-16(11-9-15)25-19(22)21-18(20)14-6-4-13(5-7-14)17-3-2-12-24-17/h2-12H,1H3,(H2,20,21,22). The van der Waals surface area contributed by atoms with Crippen molar-refractivity contribution < 1.29 is 18.7 Å². The number of amides is 1. The molecule has 0 aliphatic heterocycles. The lowest BCUT2D eigenvalue weighted by Crippen LogP contribution is -2.32. The summed E-state index contributed by atoms with van der Waals surface area (Å²) < 4.78 is 15.5. The van der Waals surface area contributed by atoms with E-state index in [0.717, 1.165) is 11.3 Å². The van der Waals surface area contributed by atoms with Gasteiger partial charge >= 0.3 is 6.09 Å². The van der Waals surface area contributed by atoms with Crippen LogP contribution in [0.5, 0.6) is 11.5 Å². The number of carbonyl (C=O) groups is 1. The van der Waals surface area contributed by atoms with Crippen LogP contribution in [-0.2, 0) is 0 Å². The van der Waals surface area contributed by atoms with E-state index in [2.05, 4.69) is 5.32 Å². The molecular weight excluding hydrogens is 320 g/mol. The van der Waals surface area contributed by atoms with Crippen LogP contribution in [0.25, 0.3) is 11.3 Å². The predicted molar refractivity (Wildman–Crippen MR) is 93.1 cm³/mol. The summed E-state index contributed by atoms with van der Waals surface area (Å²) in [5.74, 6) is 1.71. The highest BCUT2D eigenvalue weighted by Crippen LogP contribution is 2.20. The first-order valence-electron chi connectivity index (χ1n) is 7.51. The molecule has 0 atom stereocenters. The minimum atomic E-state index is -0.731. The van der Waals surface area contributed by atoms with Crippen LogP contribution in [0.1, 0.15) is 5.56 Å². The van der Waals surface area contributed by atoms with Crippen LogP contribution in [0, 0.1) is 5.41 Å². The van der Waals surface area contributed by atoms with Crippen LogP contribution in [0.15, 0.2) is 71.3 Å². The van der Waals surface area contributed by atoms with Crippen LogP contribution in [-0.4, -0.2) is 19.0 Å². The van der Waals surface area contributed by atoms with E-state index in [9.17, 15) is 4.79 Å². The van der Waals surface area contributed by atoms with Crippen molar-refractivity contribution in [3.8, 4) is 22.8 Å². The predicted octanol–water partition coefficient (Wildman–Crippen LogP) is 4.07. The number of hydrogen-bond acceptors (Lipinski definition) is 5. The molecule has 3 aromatic rings. The number of nitrogens with one attached hydrogen (secondary N) is 2. The van der Waals surface area contributed by atoms with E-state index >= 15 is 0 Å². The van der Waals surface area contributed by atoms with E-state index in [1.165, 1.54) is 0 Å². The highest BCUT2D eigenvalue weighted by atomic mass is 16.6. The number of furan rings is 1. The van der Waals surface area contributed by atoms with Crippen molar-refractivity contribution >= 4 is 11.9 Å². The zero-order valence-electron chi connectivity index (χ0n) is 13.5. The van der Waals surface area contributed by atoms with E-state index in [-0.39, 0.29) is 5.84 Å². The van der Waals surface area contributed by atoms with E-state index in [1.807, 2.05) is 24.3 Å². The largest absolute Gasteiger partial charge is 0.497 e. The number of rotatable bonds is 4. The quantitative estimate of drug-likeness (QED) is 0.555. The number of hydrogen-bond donors (Lipinski definition) is 2. The molecule has 0 fully saturated rings. The molecule has 6 heteroatoms. The first kappa shape index (κ1) is 16.3. The van der Waals surface area contributed by atoms with Crippen molar-refractivity contribution in [2.24, 2.45) is 0 Å². The fourth-order valence-electron chi connectivity index (χ4n) is 2.19. The zero-order chi connectivity index (χ0) is 17.6. The molecule has 126 valence electrons. The smallest absolute Gasteiger partial charge is 0.418 e. The van der Waals surface area contributed by atoms with Crippen molar-refractivity contribution in [3.05, 3.63) is 72.5 Å². The van der Waals surface area contributed by atoms with Gasteiger partial charge < -0.3 is 13.9 Å². The molecule has 0 radical (unpaired) electrons. The average Bonchev–Trinajstić information content (AvgIpc) is 3.17. The molecule has 1 amide bonds. The minimum absolute atomic E-state index is 0.0514. The Hall–Kier alpha value is -3.54. The molecule has 0 spiro atoms. The van der Waals surface area contributed by atoms with E-state index in [4.69, 9.17) is 19.3 Å². The van der Waals surface area contributed by atoms with Crippen LogP contribution in [0.3, 0.4) is 0 Å². The van der Waals surface area contributed by atoms with Gasteiger partial charge in [0.1, 0.15) is 23.1 Å². The molecule has 0 aliphatic rings. The van der Waals surface area contributed by atoms with Gasteiger partial charge in [0.05, 0.1) is 13.4 Å². The van der Waals surface area contributed by atoms with E-state index in [0.29, 0.717) is 17.1 Å². The van der Waals surface area contributed by atoms with Gasteiger partial charge in [-0.25, -0.2) is 4.79 Å². The summed E-state index contributed by atoms with van der Waals surface area (Å²) in [6.45, 7) is 0. The molecule has 0 saturated carbocycles. The van der Waals surface area contributed by atoms with Gasteiger partial charge in [-0.05, 0) is 36.4 Å². The number of benzene rings is 2. The number of methoxy groups -OCH3 is 1. The molecule has 0 bridgehead atoms. The maximum Gasteiger partial charge on any atom is 0.418 e. The molecule has 6 nitrogen and oxygen atoms in total. The minimum Gasteiger partial charge on any atom is -0.497 e. The second kappa shape index (κ2) is 7.35. The lowest BCUT2D eigenvalue weighted by Gasteiger charge is -2.09. The second-order valence-electron chi connectivity index (χ2n) is 5.12. The molecule has 25 heavy (non-hydrogen) atoms. The van der Waals surface area contributed by atoms with E-state index < -0.39 is 6.09 Å². The van der Waals surface area contributed by atoms with Gasteiger partial charge in [-0.3, -0.25) is 10.7 Å². The number of ether oxygens (including phenoxy) is 2. The molecule has 0 saturated heterocycles. The highest BCUT2D eigenvalue weighted by Gasteiger charge is 2.10. The average molecular weight is 336 g/mol. The molecule has 2 aromatic carbocycles. The SMILES string of the molecule is COc1ccc(OC(=O)NC(=N)c2ccc(-c3ccco3)cc2)cc1. The molecular formula is C19H16N2O4. The Morgan fingerprint density at radius 1 is 1.00 bits per heavy atom. The summed E-state index contributed by atoms with van der Waals surface area (Å²) in [5, 5.41) is 10.4. The maximum atomic E-state index is 11.9. The van der Waals surface area contributed by atoms with Crippen molar-refractivity contribution in [3.63, 3.8) is 0 Å². The Kier molecular flexibility index (Phi) is 4.80. The van der Waals surface area contributed by atoms with Crippen molar-refractivity contribution in [2.45, 2.75) is 0 Å². The molecule has 0 unspecified atom stereocenters. The Morgan fingerprint density at radius 2 is 1.68 bits per heavy atom. The second-order valence-corrected chi connectivity index (χ2v) is 5.12. The van der Waals surface area contributed by atoms with Gasteiger partial charge in [0, 0.05) is 11.1 Å². The Bertz CT molecular complexity index is 853. The monoisotopic (exact) mass is 336 g/mol. The van der Waals surface area contributed by atoms with E-state index in [1.54, 1.807) is 49.8 Å². The van der Waals surface area contributed by atoms with Gasteiger partial charge in [0.2, 0.25) is 0 Å². The van der Waals surface area contributed by atoms with Crippen molar-refractivity contribution in [1.29, 1.82) is 5.41 Å². The Morgan fingerprint density at radius 3 is 2.28 bits per heavy atom. The zero-order valence-corrected chi connectivity index (χ0v) is 13.5. The van der Waals surface area contributed by atoms with Crippen molar-refractivity contribution in [1.82, 2.24) is 5.32 Å². The first-order chi connectivity index (χ1) is 12.2. The Balaban J connectivity index is 1.60. The van der Waals surface area contributed by atoms with Crippen LogP contribution in [0.4, 0.5) is 4.79 Å². The molecule has 0 aliphatic carbocycles. The fraction of sp³-hybridized carbons (Fsp3) is 0.0526. The maximum absolute atomic E-state index is 11.9. The third-order valence-electron chi connectivity index (χ3n) is 3.48. The van der Waals surface area contributed by atoms with Gasteiger partial charge in [-0.1, -0.05) is 24.3 Å². The summed E-state index contributed by atoms with van der Waals surface area (Å²) in [4.78, 5) is 11.9. The summed E-state index contributed by atoms with van der Waals surface area (Å²) >= 11 is 0. The highest BCUT2D eigenvalue weighted by molar-refractivity contribution is 6.05. The summed E-state index contributed by atoms with van der Waals surface area (Å²) in [6, 6.07) is 17.3. The molecule has 1 aromatic heterocycles. The number of carbonyl (C=O) groups excluding carboxylic acids is 1. The normalized spacial score (nSPS) is 10.1.